The van der Waals surface area contributed by atoms with Crippen LogP contribution in [-0.4, -0.2) is 49.0 Å². The highest BCUT2D eigenvalue weighted by atomic mass is 32.2. The number of pyridine rings is 1. The zero-order valence-electron chi connectivity index (χ0n) is 22.3. The van der Waals surface area contributed by atoms with E-state index < -0.39 is 9.84 Å². The van der Waals surface area contributed by atoms with Gasteiger partial charge in [-0.25, -0.2) is 23.2 Å². The molecule has 2 aliphatic rings. The molecule has 1 amide bonds. The molecule has 2 fully saturated rings. The number of rotatable bonds is 9. The average Bonchev–Trinajstić information content (AvgIpc) is 3.67. The van der Waals surface area contributed by atoms with E-state index in [0.29, 0.717) is 40.6 Å². The van der Waals surface area contributed by atoms with Crippen LogP contribution in [0.1, 0.15) is 63.3 Å². The third-order valence-corrected chi connectivity index (χ3v) is 10.5. The fraction of sp³-hybridized carbons (Fsp3) is 0.464. The minimum atomic E-state index is -3.47. The van der Waals surface area contributed by atoms with Gasteiger partial charge in [0, 0.05) is 29.4 Å². The summed E-state index contributed by atoms with van der Waals surface area (Å²) >= 11 is 1.56. The van der Waals surface area contributed by atoms with Gasteiger partial charge < -0.3 is 20.1 Å². The molecule has 0 atom stereocenters. The van der Waals surface area contributed by atoms with Crippen LogP contribution in [0.25, 0.3) is 10.4 Å². The van der Waals surface area contributed by atoms with Crippen molar-refractivity contribution in [3.8, 4) is 16.2 Å². The molecule has 2 N–H and O–H groups in total. The number of hydrogen-bond donors (Lipinski definition) is 2. The molecule has 0 unspecified atom stereocenters. The van der Waals surface area contributed by atoms with Crippen molar-refractivity contribution in [2.24, 2.45) is 0 Å². The van der Waals surface area contributed by atoms with Gasteiger partial charge in [-0.05, 0) is 76.6 Å². The summed E-state index contributed by atoms with van der Waals surface area (Å²) in [4.78, 5) is 22.2. The fourth-order valence-electron chi connectivity index (χ4n) is 4.82. The number of amides is 1. The number of aromatic nitrogens is 2. The van der Waals surface area contributed by atoms with Crippen LogP contribution >= 0.6 is 11.3 Å². The van der Waals surface area contributed by atoms with Crippen molar-refractivity contribution in [1.29, 1.82) is 0 Å². The molecule has 9 nitrogen and oxygen atoms in total. The van der Waals surface area contributed by atoms with Gasteiger partial charge in [-0.15, -0.1) is 11.3 Å². The number of hydrogen-bond acceptors (Lipinski definition) is 9. The van der Waals surface area contributed by atoms with E-state index in [-0.39, 0.29) is 29.4 Å². The van der Waals surface area contributed by atoms with E-state index in [1.165, 1.54) is 0 Å². The second-order valence-electron chi connectivity index (χ2n) is 10.4. The molecule has 2 aromatic heterocycles. The van der Waals surface area contributed by atoms with Crippen molar-refractivity contribution in [3.05, 3.63) is 47.7 Å². The van der Waals surface area contributed by atoms with Gasteiger partial charge in [-0.1, -0.05) is 6.07 Å². The Kier molecular flexibility index (Phi) is 8.08. The SMILES string of the molecule is COc1ccc(Nc2ccc(-c3cnc(C4CCC(NC(=O)OC(C)C)CC4)s3)c(S(=O)(=O)C3CC3)c2)nc1. The minimum Gasteiger partial charge on any atom is -0.495 e. The summed E-state index contributed by atoms with van der Waals surface area (Å²) in [6, 6.07) is 9.13. The van der Waals surface area contributed by atoms with Gasteiger partial charge in [0.25, 0.3) is 0 Å². The third-order valence-electron chi connectivity index (χ3n) is 7.03. The molecule has 5 rings (SSSR count). The highest BCUT2D eigenvalue weighted by molar-refractivity contribution is 7.92. The molecule has 0 saturated heterocycles. The summed E-state index contributed by atoms with van der Waals surface area (Å²) < 4.78 is 37.3. The Morgan fingerprint density at radius 3 is 2.44 bits per heavy atom. The molecule has 39 heavy (non-hydrogen) atoms. The van der Waals surface area contributed by atoms with Crippen LogP contribution in [-0.2, 0) is 14.6 Å². The molecule has 3 aromatic rings. The van der Waals surface area contributed by atoms with E-state index in [4.69, 9.17) is 14.5 Å². The maximum absolute atomic E-state index is 13.5. The van der Waals surface area contributed by atoms with Crippen LogP contribution in [0.2, 0.25) is 0 Å². The summed E-state index contributed by atoms with van der Waals surface area (Å²) in [5.74, 6) is 1.53. The number of alkyl carbamates (subject to hydrolysis) is 1. The van der Waals surface area contributed by atoms with E-state index in [2.05, 4.69) is 15.6 Å². The summed E-state index contributed by atoms with van der Waals surface area (Å²) in [6.45, 7) is 3.67. The van der Waals surface area contributed by atoms with Crippen molar-refractivity contribution >= 4 is 38.8 Å². The second-order valence-corrected chi connectivity index (χ2v) is 13.6. The lowest BCUT2D eigenvalue weighted by molar-refractivity contribution is 0.109. The van der Waals surface area contributed by atoms with Crippen LogP contribution in [0.4, 0.5) is 16.3 Å². The maximum Gasteiger partial charge on any atom is 0.407 e. The molecule has 0 spiro atoms. The number of anilines is 2. The van der Waals surface area contributed by atoms with E-state index in [9.17, 15) is 13.2 Å². The Balaban J connectivity index is 1.33. The van der Waals surface area contributed by atoms with E-state index in [0.717, 1.165) is 35.6 Å². The van der Waals surface area contributed by atoms with Crippen LogP contribution in [0.3, 0.4) is 0 Å². The van der Waals surface area contributed by atoms with Crippen molar-refractivity contribution < 1.29 is 22.7 Å². The molecule has 1 aromatic carbocycles. The van der Waals surface area contributed by atoms with Crippen molar-refractivity contribution in [1.82, 2.24) is 15.3 Å². The number of carbonyl (C=O) groups is 1. The number of methoxy groups -OCH3 is 1. The lowest BCUT2D eigenvalue weighted by Crippen LogP contribution is -2.38. The van der Waals surface area contributed by atoms with Gasteiger partial charge >= 0.3 is 6.09 Å². The van der Waals surface area contributed by atoms with Gasteiger partial charge in [-0.3, -0.25) is 0 Å². The summed E-state index contributed by atoms with van der Waals surface area (Å²) in [6.07, 6.45) is 7.80. The molecule has 0 bridgehead atoms. The number of nitrogens with zero attached hydrogens (tertiary/aromatic N) is 2. The summed E-state index contributed by atoms with van der Waals surface area (Å²) in [5, 5.41) is 6.85. The largest absolute Gasteiger partial charge is 0.495 e. The number of benzene rings is 1. The first kappa shape index (κ1) is 27.4. The van der Waals surface area contributed by atoms with Gasteiger partial charge in [0.1, 0.15) is 11.6 Å². The standard InChI is InChI=1S/C28H34N4O5S2/c1-17(2)37-28(33)32-19-6-4-18(5-7-19)27-30-16-24(38-27)23-12-8-20(14-25(23)39(34,35)22-10-11-22)31-26-13-9-21(36-3)15-29-26/h8-9,12-19,22H,4-7,10-11H2,1-3H3,(H,29,31)(H,32,33). The zero-order valence-corrected chi connectivity index (χ0v) is 24.0. The molecule has 0 aliphatic heterocycles. The predicted octanol–water partition coefficient (Wildman–Crippen LogP) is 6.05. The Labute approximate surface area is 233 Å². The maximum atomic E-state index is 13.5. The quantitative estimate of drug-likeness (QED) is 0.319. The monoisotopic (exact) mass is 570 g/mol. The van der Waals surface area contributed by atoms with Crippen LogP contribution in [0.15, 0.2) is 47.6 Å². The topological polar surface area (TPSA) is 120 Å². The number of sulfone groups is 1. The van der Waals surface area contributed by atoms with E-state index >= 15 is 0 Å². The summed E-state index contributed by atoms with van der Waals surface area (Å²) in [7, 11) is -1.89. The molecular formula is C28H34N4O5S2. The van der Waals surface area contributed by atoms with Gasteiger partial charge in [-0.2, -0.15) is 0 Å². The normalized spacial score (nSPS) is 19.5. The highest BCUT2D eigenvalue weighted by Crippen LogP contribution is 2.43. The van der Waals surface area contributed by atoms with Gasteiger partial charge in [0.2, 0.25) is 0 Å². The van der Waals surface area contributed by atoms with E-state index in [1.807, 2.05) is 26.0 Å². The predicted molar refractivity (Wildman–Crippen MR) is 152 cm³/mol. The Morgan fingerprint density at radius 1 is 1.03 bits per heavy atom. The molecular weight excluding hydrogens is 536 g/mol. The minimum absolute atomic E-state index is 0.0995. The Morgan fingerprint density at radius 2 is 1.79 bits per heavy atom. The number of ether oxygens (including phenoxy) is 2. The van der Waals surface area contributed by atoms with Gasteiger partial charge in [0.15, 0.2) is 9.84 Å². The zero-order chi connectivity index (χ0) is 27.6. The van der Waals surface area contributed by atoms with Crippen molar-refractivity contribution in [3.63, 3.8) is 0 Å². The highest BCUT2D eigenvalue weighted by Gasteiger charge is 2.39. The first-order chi connectivity index (χ1) is 18.7. The Bertz CT molecular complexity index is 1410. The molecule has 11 heteroatoms. The van der Waals surface area contributed by atoms with Crippen LogP contribution in [0.5, 0.6) is 5.75 Å². The molecule has 0 radical (unpaired) electrons. The second kappa shape index (κ2) is 11.5. The van der Waals surface area contributed by atoms with Crippen molar-refractivity contribution in [2.45, 2.75) is 80.6 Å². The number of carbonyl (C=O) groups excluding carboxylic acids is 1. The van der Waals surface area contributed by atoms with Crippen molar-refractivity contribution in [2.75, 3.05) is 12.4 Å². The first-order valence-corrected chi connectivity index (χ1v) is 15.7. The molecule has 208 valence electrons. The van der Waals surface area contributed by atoms with Gasteiger partial charge in [0.05, 0.1) is 39.4 Å². The summed E-state index contributed by atoms with van der Waals surface area (Å²) in [5.41, 5.74) is 1.34. The average molecular weight is 571 g/mol. The fourth-order valence-corrected chi connectivity index (χ4v) is 7.90. The lowest BCUT2D eigenvalue weighted by Gasteiger charge is -2.28. The number of thiazole rings is 1. The van der Waals surface area contributed by atoms with Crippen LogP contribution in [0, 0.1) is 0 Å². The first-order valence-electron chi connectivity index (χ1n) is 13.3. The molecule has 2 aliphatic carbocycles. The Hall–Kier alpha value is -3.18. The number of nitrogens with one attached hydrogen (secondary N) is 2. The molecule has 2 saturated carbocycles. The third kappa shape index (κ3) is 6.52. The molecule has 2 heterocycles. The lowest BCUT2D eigenvalue weighted by atomic mass is 9.86. The van der Waals surface area contributed by atoms with Crippen LogP contribution < -0.4 is 15.4 Å². The smallest absolute Gasteiger partial charge is 0.407 e. The van der Waals surface area contributed by atoms with E-state index in [1.54, 1.807) is 49.0 Å².